The van der Waals surface area contributed by atoms with Crippen molar-refractivity contribution in [1.29, 1.82) is 0 Å². The second-order valence-corrected chi connectivity index (χ2v) is 3.19. The lowest BCUT2D eigenvalue weighted by atomic mass is 10.2. The van der Waals surface area contributed by atoms with Gasteiger partial charge in [-0.2, -0.15) is 0 Å². The highest BCUT2D eigenvalue weighted by Crippen LogP contribution is 2.05. The van der Waals surface area contributed by atoms with Crippen LogP contribution in [-0.4, -0.2) is 0 Å². The van der Waals surface area contributed by atoms with Gasteiger partial charge in [0.2, 0.25) is 0 Å². The molecular weight excluding hydrogens is 144 g/mol. The topological polar surface area (TPSA) is 0 Å². The smallest absolute Gasteiger partial charge is 0.0348 e. The van der Waals surface area contributed by atoms with E-state index in [0.717, 1.165) is 0 Å². The van der Waals surface area contributed by atoms with Crippen LogP contribution in [0.5, 0.6) is 0 Å². The third kappa shape index (κ3) is 9.48. The Kier molecular flexibility index (Phi) is 10.0. The SMILES string of the molecule is C1=CCCC1.C=CCCCCC. The molecule has 0 nitrogen and oxygen atoms in total. The van der Waals surface area contributed by atoms with Crippen molar-refractivity contribution in [3.63, 3.8) is 0 Å². The monoisotopic (exact) mass is 166 g/mol. The molecule has 70 valence electrons. The maximum atomic E-state index is 3.63. The molecule has 0 saturated carbocycles. The van der Waals surface area contributed by atoms with Gasteiger partial charge in [-0.1, -0.05) is 38.0 Å². The molecule has 0 saturated heterocycles. The van der Waals surface area contributed by atoms with E-state index in [1.165, 1.54) is 44.9 Å². The zero-order valence-electron chi connectivity index (χ0n) is 8.39. The van der Waals surface area contributed by atoms with Crippen molar-refractivity contribution in [3.05, 3.63) is 24.8 Å². The summed E-state index contributed by atoms with van der Waals surface area (Å²) in [6, 6.07) is 0. The van der Waals surface area contributed by atoms with Gasteiger partial charge in [0.25, 0.3) is 0 Å². The van der Waals surface area contributed by atoms with Gasteiger partial charge in [0.15, 0.2) is 0 Å². The van der Waals surface area contributed by atoms with Crippen LogP contribution in [0, 0.1) is 0 Å². The summed E-state index contributed by atoms with van der Waals surface area (Å²) >= 11 is 0. The van der Waals surface area contributed by atoms with Crippen molar-refractivity contribution in [1.82, 2.24) is 0 Å². The highest BCUT2D eigenvalue weighted by Gasteiger charge is 1.84. The van der Waals surface area contributed by atoms with E-state index in [1.54, 1.807) is 0 Å². The lowest BCUT2D eigenvalue weighted by Crippen LogP contribution is -1.67. The summed E-state index contributed by atoms with van der Waals surface area (Å²) in [6.45, 7) is 5.84. The van der Waals surface area contributed by atoms with Crippen molar-refractivity contribution in [2.45, 2.75) is 51.9 Å². The molecule has 1 aliphatic rings. The van der Waals surface area contributed by atoms with Crippen LogP contribution >= 0.6 is 0 Å². The Labute approximate surface area is 77.4 Å². The normalized spacial score (nSPS) is 13.8. The molecule has 0 aliphatic heterocycles. The van der Waals surface area contributed by atoms with Gasteiger partial charge in [-0.05, 0) is 32.1 Å². The molecule has 0 aromatic heterocycles. The molecule has 0 fully saturated rings. The summed E-state index contributed by atoms with van der Waals surface area (Å²) in [7, 11) is 0. The summed E-state index contributed by atoms with van der Waals surface area (Å²) in [5.41, 5.74) is 0. The van der Waals surface area contributed by atoms with E-state index in [0.29, 0.717) is 0 Å². The Balaban J connectivity index is 0.000000211. The van der Waals surface area contributed by atoms with Crippen LogP contribution in [0.2, 0.25) is 0 Å². The van der Waals surface area contributed by atoms with Crippen LogP contribution in [0.25, 0.3) is 0 Å². The van der Waals surface area contributed by atoms with E-state index in [1.807, 2.05) is 6.08 Å². The van der Waals surface area contributed by atoms with Crippen LogP contribution in [0.1, 0.15) is 51.9 Å². The lowest BCUT2D eigenvalue weighted by Gasteiger charge is -1.87. The zero-order valence-corrected chi connectivity index (χ0v) is 8.39. The number of hydrogen-bond donors (Lipinski definition) is 0. The molecule has 1 aliphatic carbocycles. The Morgan fingerprint density at radius 1 is 1.25 bits per heavy atom. The first kappa shape index (κ1) is 11.5. The molecule has 0 aromatic carbocycles. The van der Waals surface area contributed by atoms with Crippen molar-refractivity contribution < 1.29 is 0 Å². The maximum absolute atomic E-state index is 3.63. The number of unbranched alkanes of at least 4 members (excludes halogenated alkanes) is 3. The molecule has 0 aromatic rings. The second-order valence-electron chi connectivity index (χ2n) is 3.19. The number of rotatable bonds is 4. The van der Waals surface area contributed by atoms with E-state index in [4.69, 9.17) is 0 Å². The van der Waals surface area contributed by atoms with Gasteiger partial charge in [-0.25, -0.2) is 0 Å². The molecule has 0 atom stereocenters. The second kappa shape index (κ2) is 10.5. The lowest BCUT2D eigenvalue weighted by molar-refractivity contribution is 0.730. The summed E-state index contributed by atoms with van der Waals surface area (Å²) < 4.78 is 0. The minimum absolute atomic E-state index is 1.19. The summed E-state index contributed by atoms with van der Waals surface area (Å²) in [6.07, 6.45) is 15.7. The molecule has 1 rings (SSSR count). The average Bonchev–Trinajstić information content (AvgIpc) is 2.62. The molecule has 0 heteroatoms. The van der Waals surface area contributed by atoms with Crippen molar-refractivity contribution in [2.75, 3.05) is 0 Å². The van der Waals surface area contributed by atoms with Crippen molar-refractivity contribution in [2.24, 2.45) is 0 Å². The number of allylic oxidation sites excluding steroid dienone is 3. The van der Waals surface area contributed by atoms with Gasteiger partial charge in [0, 0.05) is 0 Å². The molecule has 0 unspecified atom stereocenters. The highest BCUT2D eigenvalue weighted by atomic mass is 13.9. The quantitative estimate of drug-likeness (QED) is 0.426. The van der Waals surface area contributed by atoms with Crippen LogP contribution in [0.4, 0.5) is 0 Å². The third-order valence-corrected chi connectivity index (χ3v) is 1.92. The van der Waals surface area contributed by atoms with Crippen LogP contribution in [0.3, 0.4) is 0 Å². The van der Waals surface area contributed by atoms with E-state index < -0.39 is 0 Å². The molecular formula is C12H22. The van der Waals surface area contributed by atoms with Gasteiger partial charge in [0.1, 0.15) is 0 Å². The van der Waals surface area contributed by atoms with E-state index in [2.05, 4.69) is 25.7 Å². The summed E-state index contributed by atoms with van der Waals surface area (Å²) in [5, 5.41) is 0. The van der Waals surface area contributed by atoms with E-state index >= 15 is 0 Å². The fourth-order valence-corrected chi connectivity index (χ4v) is 1.13. The Morgan fingerprint density at radius 3 is 2.25 bits per heavy atom. The van der Waals surface area contributed by atoms with Crippen LogP contribution < -0.4 is 0 Å². The van der Waals surface area contributed by atoms with Crippen LogP contribution in [-0.2, 0) is 0 Å². The standard InChI is InChI=1S/C7H14.C5H8/c1-3-5-7-6-4-2;1-2-4-5-3-1/h3H,1,4-7H2,2H3;1-2H,3-5H2. The van der Waals surface area contributed by atoms with E-state index in [-0.39, 0.29) is 0 Å². The third-order valence-electron chi connectivity index (χ3n) is 1.92. The van der Waals surface area contributed by atoms with Gasteiger partial charge >= 0.3 is 0 Å². The predicted molar refractivity (Wildman–Crippen MR) is 57.3 cm³/mol. The largest absolute Gasteiger partial charge is 0.103 e. The first-order valence-electron chi connectivity index (χ1n) is 5.17. The molecule has 0 radical (unpaired) electrons. The Bertz CT molecular complexity index is 105. The minimum Gasteiger partial charge on any atom is -0.103 e. The predicted octanol–water partition coefficient (Wildman–Crippen LogP) is 4.48. The Hall–Kier alpha value is -0.520. The molecule has 12 heavy (non-hydrogen) atoms. The zero-order chi connectivity index (χ0) is 9.07. The first-order valence-corrected chi connectivity index (χ1v) is 5.17. The fourth-order valence-electron chi connectivity index (χ4n) is 1.13. The number of hydrogen-bond acceptors (Lipinski definition) is 0. The minimum atomic E-state index is 1.19. The van der Waals surface area contributed by atoms with Crippen molar-refractivity contribution in [3.8, 4) is 0 Å². The average molecular weight is 166 g/mol. The van der Waals surface area contributed by atoms with Crippen LogP contribution in [0.15, 0.2) is 24.8 Å². The van der Waals surface area contributed by atoms with E-state index in [9.17, 15) is 0 Å². The molecule has 0 amide bonds. The molecule has 0 bridgehead atoms. The Morgan fingerprint density at radius 2 is 1.92 bits per heavy atom. The van der Waals surface area contributed by atoms with Gasteiger partial charge in [-0.15, -0.1) is 6.58 Å². The molecule has 0 spiro atoms. The van der Waals surface area contributed by atoms with Gasteiger partial charge in [0.05, 0.1) is 0 Å². The summed E-state index contributed by atoms with van der Waals surface area (Å²) in [5.74, 6) is 0. The molecule has 0 heterocycles. The van der Waals surface area contributed by atoms with Crippen molar-refractivity contribution >= 4 is 0 Å². The fraction of sp³-hybridized carbons (Fsp3) is 0.667. The van der Waals surface area contributed by atoms with Gasteiger partial charge < -0.3 is 0 Å². The highest BCUT2D eigenvalue weighted by molar-refractivity contribution is 4.88. The molecule has 0 N–H and O–H groups in total. The maximum Gasteiger partial charge on any atom is -0.0348 e. The summed E-state index contributed by atoms with van der Waals surface area (Å²) in [4.78, 5) is 0. The van der Waals surface area contributed by atoms with Gasteiger partial charge in [-0.3, -0.25) is 0 Å². The first-order chi connectivity index (χ1) is 5.91.